The van der Waals surface area contributed by atoms with Crippen LogP contribution in [0.25, 0.3) is 0 Å². The van der Waals surface area contributed by atoms with Gasteiger partial charge in [-0.2, -0.15) is 0 Å². The smallest absolute Gasteiger partial charge is 0.0558 e. The number of aliphatic hydroxyl groups is 1. The minimum absolute atomic E-state index is 0.299. The number of aliphatic hydroxyl groups excluding tert-OH is 1. The lowest BCUT2D eigenvalue weighted by Crippen LogP contribution is -2.32. The summed E-state index contributed by atoms with van der Waals surface area (Å²) in [6.07, 6.45) is 1.27. The molecule has 3 unspecified atom stereocenters. The van der Waals surface area contributed by atoms with Crippen LogP contribution in [0.1, 0.15) is 27.2 Å². The van der Waals surface area contributed by atoms with E-state index < -0.39 is 0 Å². The Morgan fingerprint density at radius 2 is 2.08 bits per heavy atom. The summed E-state index contributed by atoms with van der Waals surface area (Å²) in [5.74, 6) is 1.63. The molecule has 1 rings (SSSR count). The van der Waals surface area contributed by atoms with Crippen LogP contribution >= 0.6 is 0 Å². The lowest BCUT2D eigenvalue weighted by atomic mass is 9.90. The Hall–Kier alpha value is -0.0800. The molecule has 2 heteroatoms. The highest BCUT2D eigenvalue weighted by atomic mass is 16.3. The first-order chi connectivity index (χ1) is 5.70. The quantitative estimate of drug-likeness (QED) is 0.693. The Morgan fingerprint density at radius 1 is 1.42 bits per heavy atom. The number of hydrogen-bond acceptors (Lipinski definition) is 2. The van der Waals surface area contributed by atoms with Crippen molar-refractivity contribution in [3.8, 4) is 0 Å². The molecule has 0 bridgehead atoms. The zero-order valence-electron chi connectivity index (χ0n) is 8.45. The fourth-order valence-electron chi connectivity index (χ4n) is 2.58. The summed E-state index contributed by atoms with van der Waals surface area (Å²) in [5, 5.41) is 8.85. The van der Waals surface area contributed by atoms with Crippen molar-refractivity contribution in [2.24, 2.45) is 11.8 Å². The molecule has 1 N–H and O–H groups in total. The summed E-state index contributed by atoms with van der Waals surface area (Å²) in [5.41, 5.74) is 0. The van der Waals surface area contributed by atoms with E-state index in [0.29, 0.717) is 12.6 Å². The van der Waals surface area contributed by atoms with Crippen LogP contribution in [-0.2, 0) is 0 Å². The average molecular weight is 171 g/mol. The summed E-state index contributed by atoms with van der Waals surface area (Å²) < 4.78 is 0. The third-order valence-corrected chi connectivity index (χ3v) is 3.31. The first-order valence-electron chi connectivity index (χ1n) is 5.05. The molecular formula is C10H21NO. The average Bonchev–Trinajstić information content (AvgIpc) is 2.29. The van der Waals surface area contributed by atoms with Crippen molar-refractivity contribution in [2.45, 2.75) is 33.2 Å². The van der Waals surface area contributed by atoms with Gasteiger partial charge < -0.3 is 5.11 Å². The number of β-amino-alcohol motifs (C(OH)–C–C–N with tert-alkyl or cyclic N) is 1. The topological polar surface area (TPSA) is 23.5 Å². The number of nitrogens with zero attached hydrogens (tertiary/aromatic N) is 1. The van der Waals surface area contributed by atoms with E-state index in [1.165, 1.54) is 13.0 Å². The second-order valence-corrected chi connectivity index (χ2v) is 4.01. The van der Waals surface area contributed by atoms with Crippen molar-refractivity contribution in [1.29, 1.82) is 0 Å². The van der Waals surface area contributed by atoms with Crippen LogP contribution in [0.2, 0.25) is 0 Å². The summed E-state index contributed by atoms with van der Waals surface area (Å²) >= 11 is 0. The van der Waals surface area contributed by atoms with Crippen LogP contribution in [0, 0.1) is 11.8 Å². The van der Waals surface area contributed by atoms with Crippen LogP contribution in [0.4, 0.5) is 0 Å². The Labute approximate surface area is 75.6 Å². The summed E-state index contributed by atoms with van der Waals surface area (Å²) in [4.78, 5) is 2.40. The van der Waals surface area contributed by atoms with Gasteiger partial charge in [0.2, 0.25) is 0 Å². The van der Waals surface area contributed by atoms with Gasteiger partial charge >= 0.3 is 0 Å². The molecule has 0 aromatic heterocycles. The van der Waals surface area contributed by atoms with Gasteiger partial charge in [-0.25, -0.2) is 0 Å². The zero-order chi connectivity index (χ0) is 9.14. The highest BCUT2D eigenvalue weighted by Crippen LogP contribution is 2.31. The Bertz CT molecular complexity index is 138. The number of hydrogen-bond donors (Lipinski definition) is 1. The second-order valence-electron chi connectivity index (χ2n) is 4.01. The van der Waals surface area contributed by atoms with Gasteiger partial charge in [-0.05, 0) is 18.8 Å². The van der Waals surface area contributed by atoms with Crippen molar-refractivity contribution in [3.63, 3.8) is 0 Å². The van der Waals surface area contributed by atoms with Gasteiger partial charge in [-0.3, -0.25) is 4.90 Å². The molecule has 2 nitrogen and oxygen atoms in total. The van der Waals surface area contributed by atoms with Gasteiger partial charge in [0.25, 0.3) is 0 Å². The SMILES string of the molecule is CCC1C(C)CN(CCO)C1C. The van der Waals surface area contributed by atoms with Crippen LogP contribution in [0.15, 0.2) is 0 Å². The number of likely N-dealkylation sites (tertiary alicyclic amines) is 1. The normalized spacial score (nSPS) is 37.5. The van der Waals surface area contributed by atoms with Crippen LogP contribution < -0.4 is 0 Å². The number of rotatable bonds is 3. The molecule has 1 saturated heterocycles. The van der Waals surface area contributed by atoms with Crippen LogP contribution in [0.5, 0.6) is 0 Å². The fraction of sp³-hybridized carbons (Fsp3) is 1.00. The van der Waals surface area contributed by atoms with Crippen molar-refractivity contribution in [3.05, 3.63) is 0 Å². The fourth-order valence-corrected chi connectivity index (χ4v) is 2.58. The monoisotopic (exact) mass is 171 g/mol. The highest BCUT2D eigenvalue weighted by Gasteiger charge is 2.34. The predicted molar refractivity (Wildman–Crippen MR) is 51.1 cm³/mol. The van der Waals surface area contributed by atoms with Gasteiger partial charge in [0, 0.05) is 19.1 Å². The molecule has 0 aliphatic carbocycles. The molecule has 0 spiro atoms. The minimum atomic E-state index is 0.299. The third-order valence-electron chi connectivity index (χ3n) is 3.31. The maximum absolute atomic E-state index is 8.85. The standard InChI is InChI=1S/C10H21NO/c1-4-10-8(2)7-11(5-6-12)9(10)3/h8-10,12H,4-7H2,1-3H3. The molecule has 1 fully saturated rings. The van der Waals surface area contributed by atoms with E-state index in [-0.39, 0.29) is 0 Å². The van der Waals surface area contributed by atoms with E-state index >= 15 is 0 Å². The lowest BCUT2D eigenvalue weighted by Gasteiger charge is -2.23. The molecule has 0 saturated carbocycles. The molecule has 0 radical (unpaired) electrons. The maximum Gasteiger partial charge on any atom is 0.0558 e. The molecule has 1 heterocycles. The lowest BCUT2D eigenvalue weighted by molar-refractivity contribution is 0.179. The van der Waals surface area contributed by atoms with Crippen molar-refractivity contribution in [1.82, 2.24) is 4.90 Å². The maximum atomic E-state index is 8.85. The van der Waals surface area contributed by atoms with Crippen LogP contribution in [0.3, 0.4) is 0 Å². The molecule has 1 aliphatic rings. The first kappa shape index (κ1) is 10.0. The molecule has 12 heavy (non-hydrogen) atoms. The van der Waals surface area contributed by atoms with Gasteiger partial charge in [-0.15, -0.1) is 0 Å². The second kappa shape index (κ2) is 4.24. The Morgan fingerprint density at radius 3 is 2.50 bits per heavy atom. The van der Waals surface area contributed by atoms with E-state index in [1.54, 1.807) is 0 Å². The molecule has 0 aromatic carbocycles. The molecule has 72 valence electrons. The van der Waals surface area contributed by atoms with Crippen LogP contribution in [-0.4, -0.2) is 35.7 Å². The summed E-state index contributed by atoms with van der Waals surface area (Å²) in [6.45, 7) is 9.19. The van der Waals surface area contributed by atoms with E-state index in [0.717, 1.165) is 18.4 Å². The third kappa shape index (κ3) is 1.80. The van der Waals surface area contributed by atoms with E-state index in [1.807, 2.05) is 0 Å². The molecule has 3 atom stereocenters. The predicted octanol–water partition coefficient (Wildman–Crippen LogP) is 1.35. The Balaban J connectivity index is 2.49. The van der Waals surface area contributed by atoms with E-state index in [9.17, 15) is 0 Å². The van der Waals surface area contributed by atoms with Crippen molar-refractivity contribution in [2.75, 3.05) is 19.7 Å². The van der Waals surface area contributed by atoms with E-state index in [4.69, 9.17) is 5.11 Å². The molecule has 1 aliphatic heterocycles. The van der Waals surface area contributed by atoms with Gasteiger partial charge in [0.1, 0.15) is 0 Å². The van der Waals surface area contributed by atoms with Crippen molar-refractivity contribution >= 4 is 0 Å². The largest absolute Gasteiger partial charge is 0.395 e. The van der Waals surface area contributed by atoms with E-state index in [2.05, 4.69) is 25.7 Å². The molecule has 0 amide bonds. The summed E-state index contributed by atoms with van der Waals surface area (Å²) in [6, 6.07) is 0.664. The van der Waals surface area contributed by atoms with Gasteiger partial charge in [0.15, 0.2) is 0 Å². The molecule has 0 aromatic rings. The first-order valence-corrected chi connectivity index (χ1v) is 5.05. The van der Waals surface area contributed by atoms with Gasteiger partial charge in [0.05, 0.1) is 6.61 Å². The minimum Gasteiger partial charge on any atom is -0.395 e. The van der Waals surface area contributed by atoms with Gasteiger partial charge in [-0.1, -0.05) is 20.3 Å². The summed E-state index contributed by atoms with van der Waals surface area (Å²) in [7, 11) is 0. The Kier molecular flexibility index (Phi) is 3.53. The van der Waals surface area contributed by atoms with Crippen molar-refractivity contribution < 1.29 is 5.11 Å². The zero-order valence-corrected chi connectivity index (χ0v) is 8.45. The highest BCUT2D eigenvalue weighted by molar-refractivity contribution is 4.87. The molecular weight excluding hydrogens is 150 g/mol.